The van der Waals surface area contributed by atoms with Gasteiger partial charge in [-0.05, 0) is 29.8 Å². The van der Waals surface area contributed by atoms with Gasteiger partial charge in [0, 0.05) is 5.56 Å². The van der Waals surface area contributed by atoms with Gasteiger partial charge < -0.3 is 4.74 Å². The molecule has 2 aromatic rings. The van der Waals surface area contributed by atoms with Crippen LogP contribution in [0.4, 0.5) is 13.2 Å². The van der Waals surface area contributed by atoms with Crippen molar-refractivity contribution in [3.8, 4) is 5.75 Å². The Hall–Kier alpha value is -2.30. The highest BCUT2D eigenvalue weighted by Gasteiger charge is 2.12. The van der Waals surface area contributed by atoms with Crippen molar-refractivity contribution in [3.05, 3.63) is 65.0 Å². The van der Waals surface area contributed by atoms with E-state index in [1.54, 1.807) is 0 Å². The fourth-order valence-corrected chi connectivity index (χ4v) is 1.52. The standard InChI is InChI=1S/C14H9F3O2/c15-11-3-1-9(2-4-11)8-19-14-12(16)5-10(7-18)6-13(14)17/h1-7H,8H2. The molecular formula is C14H9F3O2. The fraction of sp³-hybridized carbons (Fsp3) is 0.0714. The van der Waals surface area contributed by atoms with Gasteiger partial charge in [-0.15, -0.1) is 0 Å². The second-order valence-corrected chi connectivity index (χ2v) is 3.85. The lowest BCUT2D eigenvalue weighted by molar-refractivity contribution is 0.112. The molecule has 0 atom stereocenters. The van der Waals surface area contributed by atoms with E-state index in [1.165, 1.54) is 24.3 Å². The number of halogens is 3. The van der Waals surface area contributed by atoms with Crippen molar-refractivity contribution < 1.29 is 22.7 Å². The summed E-state index contributed by atoms with van der Waals surface area (Å²) in [6, 6.07) is 7.11. The van der Waals surface area contributed by atoms with Crippen LogP contribution in [-0.4, -0.2) is 6.29 Å². The number of hydrogen-bond acceptors (Lipinski definition) is 2. The van der Waals surface area contributed by atoms with E-state index in [4.69, 9.17) is 4.74 Å². The van der Waals surface area contributed by atoms with Crippen LogP contribution in [0.1, 0.15) is 15.9 Å². The van der Waals surface area contributed by atoms with E-state index >= 15 is 0 Å². The Labute approximate surface area is 107 Å². The highest BCUT2D eigenvalue weighted by atomic mass is 19.1. The monoisotopic (exact) mass is 266 g/mol. The second-order valence-electron chi connectivity index (χ2n) is 3.85. The second kappa shape index (κ2) is 5.56. The number of rotatable bonds is 4. The van der Waals surface area contributed by atoms with E-state index in [-0.39, 0.29) is 12.2 Å². The maximum absolute atomic E-state index is 13.5. The lowest BCUT2D eigenvalue weighted by Crippen LogP contribution is -2.01. The summed E-state index contributed by atoms with van der Waals surface area (Å²) >= 11 is 0. The summed E-state index contributed by atoms with van der Waals surface area (Å²) in [7, 11) is 0. The summed E-state index contributed by atoms with van der Waals surface area (Å²) in [5, 5.41) is 0. The van der Waals surface area contributed by atoms with Crippen LogP contribution >= 0.6 is 0 Å². The molecule has 0 N–H and O–H groups in total. The number of carbonyl (C=O) groups excluding carboxylic acids is 1. The molecule has 0 heterocycles. The topological polar surface area (TPSA) is 26.3 Å². The van der Waals surface area contributed by atoms with Crippen molar-refractivity contribution in [3.63, 3.8) is 0 Å². The van der Waals surface area contributed by atoms with Gasteiger partial charge in [-0.1, -0.05) is 12.1 Å². The van der Waals surface area contributed by atoms with Crippen molar-refractivity contribution >= 4 is 6.29 Å². The lowest BCUT2D eigenvalue weighted by Gasteiger charge is -2.08. The minimum absolute atomic E-state index is 0.103. The van der Waals surface area contributed by atoms with Crippen LogP contribution in [0.15, 0.2) is 36.4 Å². The molecule has 2 aromatic carbocycles. The van der Waals surface area contributed by atoms with Gasteiger partial charge in [-0.25, -0.2) is 13.2 Å². The number of aldehydes is 1. The normalized spacial score (nSPS) is 10.3. The van der Waals surface area contributed by atoms with Gasteiger partial charge in [0.2, 0.25) is 0 Å². The molecule has 2 rings (SSSR count). The molecule has 0 bridgehead atoms. The zero-order valence-corrected chi connectivity index (χ0v) is 9.70. The molecule has 0 saturated carbocycles. The van der Waals surface area contributed by atoms with Crippen LogP contribution in [0, 0.1) is 17.5 Å². The third-order valence-corrected chi connectivity index (χ3v) is 2.45. The van der Waals surface area contributed by atoms with Crippen molar-refractivity contribution in [2.24, 2.45) is 0 Å². The maximum atomic E-state index is 13.5. The lowest BCUT2D eigenvalue weighted by atomic mass is 10.2. The first-order chi connectivity index (χ1) is 9.10. The van der Waals surface area contributed by atoms with Crippen molar-refractivity contribution in [1.82, 2.24) is 0 Å². The molecule has 19 heavy (non-hydrogen) atoms. The van der Waals surface area contributed by atoms with E-state index in [1.807, 2.05) is 0 Å². The number of ether oxygens (including phenoxy) is 1. The quantitative estimate of drug-likeness (QED) is 0.792. The Kier molecular flexibility index (Phi) is 3.85. The highest BCUT2D eigenvalue weighted by Crippen LogP contribution is 2.23. The molecule has 0 aliphatic heterocycles. The largest absolute Gasteiger partial charge is 0.483 e. The zero-order valence-electron chi connectivity index (χ0n) is 9.70. The van der Waals surface area contributed by atoms with E-state index in [2.05, 4.69) is 0 Å². The molecule has 0 aliphatic rings. The van der Waals surface area contributed by atoms with Gasteiger partial charge in [0.25, 0.3) is 0 Å². The predicted octanol–water partition coefficient (Wildman–Crippen LogP) is 3.50. The SMILES string of the molecule is O=Cc1cc(F)c(OCc2ccc(F)cc2)c(F)c1. The number of hydrogen-bond donors (Lipinski definition) is 0. The summed E-state index contributed by atoms with van der Waals surface area (Å²) in [5.74, 6) is -2.88. The molecule has 0 amide bonds. The Morgan fingerprint density at radius 2 is 1.58 bits per heavy atom. The van der Waals surface area contributed by atoms with Crippen LogP contribution in [-0.2, 0) is 6.61 Å². The Morgan fingerprint density at radius 3 is 2.11 bits per heavy atom. The molecule has 0 aromatic heterocycles. The van der Waals surface area contributed by atoms with Crippen molar-refractivity contribution in [1.29, 1.82) is 0 Å². The molecule has 0 fully saturated rings. The van der Waals surface area contributed by atoms with Crippen LogP contribution in [0.2, 0.25) is 0 Å². The third kappa shape index (κ3) is 3.13. The molecule has 0 spiro atoms. The van der Waals surface area contributed by atoms with Gasteiger partial charge in [-0.3, -0.25) is 4.79 Å². The van der Waals surface area contributed by atoms with E-state index in [0.29, 0.717) is 11.8 Å². The predicted molar refractivity (Wildman–Crippen MR) is 62.5 cm³/mol. The first-order valence-corrected chi connectivity index (χ1v) is 5.41. The van der Waals surface area contributed by atoms with Crippen molar-refractivity contribution in [2.45, 2.75) is 6.61 Å². The highest BCUT2D eigenvalue weighted by molar-refractivity contribution is 5.75. The molecule has 0 aliphatic carbocycles. The molecule has 98 valence electrons. The first kappa shape index (κ1) is 13.1. The summed E-state index contributed by atoms with van der Waals surface area (Å²) in [6.07, 6.45) is 0.343. The Balaban J connectivity index is 2.15. The van der Waals surface area contributed by atoms with Crippen LogP contribution in [0.25, 0.3) is 0 Å². The minimum atomic E-state index is -0.954. The van der Waals surface area contributed by atoms with E-state index < -0.39 is 23.2 Å². The first-order valence-electron chi connectivity index (χ1n) is 5.41. The Morgan fingerprint density at radius 1 is 1.00 bits per heavy atom. The minimum Gasteiger partial charge on any atom is -0.483 e. The molecule has 0 radical (unpaired) electrons. The van der Waals surface area contributed by atoms with Gasteiger partial charge in [0.05, 0.1) is 0 Å². The molecular weight excluding hydrogens is 257 g/mol. The molecule has 2 nitrogen and oxygen atoms in total. The molecule has 0 saturated heterocycles. The molecule has 5 heteroatoms. The van der Waals surface area contributed by atoms with Crippen LogP contribution in [0.3, 0.4) is 0 Å². The Bertz CT molecular complexity index is 571. The van der Waals surface area contributed by atoms with E-state index in [0.717, 1.165) is 12.1 Å². The van der Waals surface area contributed by atoms with Crippen LogP contribution in [0.5, 0.6) is 5.75 Å². The van der Waals surface area contributed by atoms with Gasteiger partial charge in [-0.2, -0.15) is 0 Å². The van der Waals surface area contributed by atoms with E-state index in [9.17, 15) is 18.0 Å². The number of carbonyl (C=O) groups is 1. The maximum Gasteiger partial charge on any atom is 0.191 e. The molecule has 0 unspecified atom stereocenters. The summed E-state index contributed by atoms with van der Waals surface area (Å²) in [5.41, 5.74) is 0.462. The summed E-state index contributed by atoms with van der Waals surface area (Å²) in [6.45, 7) is -0.103. The average Bonchev–Trinajstić information content (AvgIpc) is 2.39. The van der Waals surface area contributed by atoms with Crippen LogP contribution < -0.4 is 4.74 Å². The van der Waals surface area contributed by atoms with Gasteiger partial charge in [0.15, 0.2) is 17.4 Å². The average molecular weight is 266 g/mol. The van der Waals surface area contributed by atoms with Gasteiger partial charge in [0.1, 0.15) is 18.7 Å². The summed E-state index contributed by atoms with van der Waals surface area (Å²) < 4.78 is 44.6. The zero-order chi connectivity index (χ0) is 13.8. The van der Waals surface area contributed by atoms with Gasteiger partial charge >= 0.3 is 0 Å². The summed E-state index contributed by atoms with van der Waals surface area (Å²) in [4.78, 5) is 10.4. The van der Waals surface area contributed by atoms with Crippen molar-refractivity contribution in [2.75, 3.05) is 0 Å². The number of benzene rings is 2. The third-order valence-electron chi connectivity index (χ3n) is 2.45. The fourth-order valence-electron chi connectivity index (χ4n) is 1.52. The smallest absolute Gasteiger partial charge is 0.191 e.